The molecular weight excluding hydrogens is 174 g/mol. The number of hydrogen-bond donors (Lipinski definition) is 1. The number of amides is 1. The highest BCUT2D eigenvalue weighted by Crippen LogP contribution is 1.91. The number of aromatic nitrogens is 1. The van der Waals surface area contributed by atoms with Crippen LogP contribution in [0.15, 0.2) is 24.5 Å². The topological polar surface area (TPSA) is 99.1 Å². The maximum absolute atomic E-state index is 10.4. The summed E-state index contributed by atoms with van der Waals surface area (Å²) in [5.41, 5.74) is 5.38. The molecule has 0 fully saturated rings. The zero-order valence-corrected chi connectivity index (χ0v) is 7.01. The molecule has 0 bridgehead atoms. The monoisotopic (exact) mass is 183 g/mol. The summed E-state index contributed by atoms with van der Waals surface area (Å²) in [4.78, 5) is 22.4. The molecule has 0 saturated carbocycles. The number of primary amides is 1. The lowest BCUT2D eigenvalue weighted by Gasteiger charge is -1.88. The predicted octanol–water partition coefficient (Wildman–Crippen LogP) is 0.0734. The Morgan fingerprint density at radius 1 is 1.69 bits per heavy atom. The summed E-state index contributed by atoms with van der Waals surface area (Å²) in [6.45, 7) is 0. The molecule has 1 aromatic rings. The van der Waals surface area contributed by atoms with E-state index in [9.17, 15) is 4.79 Å². The van der Waals surface area contributed by atoms with E-state index in [1.165, 1.54) is 6.20 Å². The highest BCUT2D eigenvalue weighted by molar-refractivity contribution is 5.92. The Labute approximate surface area is 74.5 Å². The summed E-state index contributed by atoms with van der Waals surface area (Å²) in [5, 5.41) is 8.81. The van der Waals surface area contributed by atoms with E-state index in [0.717, 1.165) is 7.05 Å². The van der Waals surface area contributed by atoms with Gasteiger partial charge in [0, 0.05) is 17.3 Å². The lowest BCUT2D eigenvalue weighted by atomic mass is 10.3. The molecule has 0 radical (unpaired) electrons. The van der Waals surface area contributed by atoms with Crippen LogP contribution >= 0.6 is 0 Å². The summed E-state index contributed by atoms with van der Waals surface area (Å²) >= 11 is 0. The van der Waals surface area contributed by atoms with Gasteiger partial charge in [-0.25, -0.2) is 0 Å². The van der Waals surface area contributed by atoms with Crippen molar-refractivity contribution in [3.05, 3.63) is 40.2 Å². The van der Waals surface area contributed by atoms with Gasteiger partial charge in [-0.2, -0.15) is 0 Å². The maximum atomic E-state index is 10.4. The molecule has 0 saturated heterocycles. The highest BCUT2D eigenvalue weighted by atomic mass is 16.6. The third-order valence-electron chi connectivity index (χ3n) is 0.946. The lowest BCUT2D eigenvalue weighted by Crippen LogP contribution is -2.10. The van der Waals surface area contributed by atoms with Crippen molar-refractivity contribution >= 4 is 5.91 Å². The molecule has 13 heavy (non-hydrogen) atoms. The van der Waals surface area contributed by atoms with Gasteiger partial charge >= 0.3 is 0 Å². The van der Waals surface area contributed by atoms with Crippen LogP contribution in [0, 0.1) is 10.1 Å². The molecule has 1 heterocycles. The minimum atomic E-state index is -0.500. The molecule has 0 aliphatic rings. The molecule has 0 atom stereocenters. The summed E-state index contributed by atoms with van der Waals surface area (Å²) in [5.74, 6) is -0.442. The van der Waals surface area contributed by atoms with Gasteiger partial charge in [0.05, 0.1) is 5.56 Å². The number of nitrogens with two attached hydrogens (primary N) is 1. The van der Waals surface area contributed by atoms with Gasteiger partial charge in [0.1, 0.15) is 0 Å². The van der Waals surface area contributed by atoms with Crippen molar-refractivity contribution in [2.45, 2.75) is 0 Å². The molecule has 1 aromatic heterocycles. The van der Waals surface area contributed by atoms with E-state index >= 15 is 0 Å². The van der Waals surface area contributed by atoms with Crippen molar-refractivity contribution in [2.24, 2.45) is 5.73 Å². The van der Waals surface area contributed by atoms with Crippen LogP contribution in [0.2, 0.25) is 0 Å². The Morgan fingerprint density at radius 2 is 2.23 bits per heavy atom. The number of carbonyl (C=O) groups is 1. The number of nitro groups is 1. The second-order valence-corrected chi connectivity index (χ2v) is 2.05. The first-order valence-corrected chi connectivity index (χ1v) is 3.32. The Morgan fingerprint density at radius 3 is 2.46 bits per heavy atom. The van der Waals surface area contributed by atoms with Crippen molar-refractivity contribution in [1.82, 2.24) is 4.98 Å². The van der Waals surface area contributed by atoms with Gasteiger partial charge in [-0.1, -0.05) is 0 Å². The molecule has 0 spiro atoms. The molecule has 2 N–H and O–H groups in total. The van der Waals surface area contributed by atoms with Crippen molar-refractivity contribution < 1.29 is 9.72 Å². The van der Waals surface area contributed by atoms with Crippen LogP contribution < -0.4 is 5.73 Å². The molecule has 0 aliphatic heterocycles. The molecule has 6 heteroatoms. The zero-order valence-electron chi connectivity index (χ0n) is 7.01. The Balaban J connectivity index is 0.000000310. The molecular formula is C7H9N3O3. The first kappa shape index (κ1) is 11.0. The molecule has 0 unspecified atom stereocenters. The Hall–Kier alpha value is -1.98. The van der Waals surface area contributed by atoms with E-state index in [-0.39, 0.29) is 0 Å². The van der Waals surface area contributed by atoms with Crippen LogP contribution in [-0.4, -0.2) is 22.9 Å². The van der Waals surface area contributed by atoms with Gasteiger partial charge < -0.3 is 5.73 Å². The van der Waals surface area contributed by atoms with Gasteiger partial charge in [0.2, 0.25) is 5.91 Å². The minimum absolute atomic E-state index is 0.442. The average Bonchev–Trinajstić information content (AvgIpc) is 2.05. The third kappa shape index (κ3) is 6.42. The van der Waals surface area contributed by atoms with E-state index in [1.807, 2.05) is 0 Å². The van der Waals surface area contributed by atoms with Crippen molar-refractivity contribution in [3.63, 3.8) is 0 Å². The van der Waals surface area contributed by atoms with Gasteiger partial charge in [0.25, 0.3) is 0 Å². The normalized spacial score (nSPS) is 8.08. The van der Waals surface area contributed by atoms with E-state index in [4.69, 9.17) is 15.8 Å². The number of pyridine rings is 1. The second kappa shape index (κ2) is 5.64. The highest BCUT2D eigenvalue weighted by Gasteiger charge is 1.94. The molecule has 0 aromatic carbocycles. The first-order chi connectivity index (χ1) is 6.04. The average molecular weight is 183 g/mol. The largest absolute Gasteiger partial charge is 0.366 e. The van der Waals surface area contributed by atoms with Crippen LogP contribution in [0.5, 0.6) is 0 Å². The standard InChI is InChI=1S/C6H6N2O.CH3NO2/c7-6(9)5-2-1-3-8-4-5;1-2(3)4/h1-4H,(H2,7,9);1H3. The van der Waals surface area contributed by atoms with Crippen LogP contribution in [0.25, 0.3) is 0 Å². The van der Waals surface area contributed by atoms with E-state index in [2.05, 4.69) is 4.98 Å². The summed E-state index contributed by atoms with van der Waals surface area (Å²) < 4.78 is 0. The molecule has 0 aliphatic carbocycles. The van der Waals surface area contributed by atoms with Gasteiger partial charge in [-0.15, -0.1) is 0 Å². The lowest BCUT2D eigenvalue weighted by molar-refractivity contribution is -0.445. The fraction of sp³-hybridized carbons (Fsp3) is 0.143. The van der Waals surface area contributed by atoms with Crippen LogP contribution in [0.3, 0.4) is 0 Å². The second-order valence-electron chi connectivity index (χ2n) is 2.05. The van der Waals surface area contributed by atoms with Crippen molar-refractivity contribution in [3.8, 4) is 0 Å². The van der Waals surface area contributed by atoms with E-state index in [0.29, 0.717) is 5.56 Å². The van der Waals surface area contributed by atoms with Crippen LogP contribution in [0.1, 0.15) is 10.4 Å². The first-order valence-electron chi connectivity index (χ1n) is 3.32. The summed E-state index contributed by atoms with van der Waals surface area (Å²) in [6, 6.07) is 3.29. The maximum Gasteiger partial charge on any atom is 0.250 e. The quantitative estimate of drug-likeness (QED) is 0.492. The minimum Gasteiger partial charge on any atom is -0.366 e. The number of hydrogen-bond acceptors (Lipinski definition) is 4. The Kier molecular flexibility index (Phi) is 4.78. The van der Waals surface area contributed by atoms with E-state index < -0.39 is 10.8 Å². The van der Waals surface area contributed by atoms with Gasteiger partial charge in [0.15, 0.2) is 7.05 Å². The van der Waals surface area contributed by atoms with Gasteiger partial charge in [-0.3, -0.25) is 19.9 Å². The predicted molar refractivity (Wildman–Crippen MR) is 45.7 cm³/mol. The van der Waals surface area contributed by atoms with Crippen molar-refractivity contribution in [2.75, 3.05) is 7.05 Å². The summed E-state index contributed by atoms with van der Waals surface area (Å²) in [7, 11) is 0.889. The molecule has 1 rings (SSSR count). The number of carbonyl (C=O) groups excluding carboxylic acids is 1. The Bertz CT molecular complexity index is 282. The number of rotatable bonds is 1. The smallest absolute Gasteiger partial charge is 0.250 e. The molecule has 6 nitrogen and oxygen atoms in total. The fourth-order valence-electron chi connectivity index (χ4n) is 0.509. The third-order valence-corrected chi connectivity index (χ3v) is 0.946. The van der Waals surface area contributed by atoms with Crippen LogP contribution in [-0.2, 0) is 0 Å². The summed E-state index contributed by atoms with van der Waals surface area (Å²) in [6.07, 6.45) is 3.02. The fourth-order valence-corrected chi connectivity index (χ4v) is 0.509. The van der Waals surface area contributed by atoms with Crippen LogP contribution in [0.4, 0.5) is 0 Å². The molecule has 70 valence electrons. The van der Waals surface area contributed by atoms with Crippen molar-refractivity contribution in [1.29, 1.82) is 0 Å². The SMILES string of the molecule is C[N+](=O)[O-].NC(=O)c1cccnc1. The zero-order chi connectivity index (χ0) is 10.3. The molecule has 1 amide bonds. The number of nitrogens with zero attached hydrogens (tertiary/aromatic N) is 2. The van der Waals surface area contributed by atoms with E-state index in [1.54, 1.807) is 18.3 Å². The van der Waals surface area contributed by atoms with Gasteiger partial charge in [-0.05, 0) is 12.1 Å².